The van der Waals surface area contributed by atoms with E-state index in [1.165, 1.54) is 12.8 Å². The molecule has 0 aromatic rings. The van der Waals surface area contributed by atoms with Crippen LogP contribution in [-0.2, 0) is 4.79 Å². The zero-order chi connectivity index (χ0) is 10.3. The zero-order valence-corrected chi connectivity index (χ0v) is 9.12. The van der Waals surface area contributed by atoms with E-state index in [0.29, 0.717) is 12.0 Å². The van der Waals surface area contributed by atoms with Crippen molar-refractivity contribution in [2.75, 3.05) is 6.54 Å². The summed E-state index contributed by atoms with van der Waals surface area (Å²) in [5, 5.41) is 0. The molecule has 0 spiro atoms. The number of amides is 1. The summed E-state index contributed by atoms with van der Waals surface area (Å²) >= 11 is 0. The van der Waals surface area contributed by atoms with E-state index in [4.69, 9.17) is 5.73 Å². The summed E-state index contributed by atoms with van der Waals surface area (Å²) in [5.41, 5.74) is 5.52. The first-order chi connectivity index (χ1) is 6.57. The molecule has 2 fully saturated rings. The number of carbonyl (C=O) groups excluding carboxylic acids is 1. The molecule has 1 amide bonds. The SMILES string of the molecule is CCN(C(=O)C(C)(N)C1CC1)C1CC1. The molecule has 2 rings (SSSR count). The second-order valence-electron chi connectivity index (χ2n) is 4.88. The lowest BCUT2D eigenvalue weighted by molar-refractivity contribution is -0.137. The minimum atomic E-state index is -0.599. The van der Waals surface area contributed by atoms with E-state index in [9.17, 15) is 4.79 Å². The molecule has 2 saturated carbocycles. The van der Waals surface area contributed by atoms with Crippen LogP contribution in [0.5, 0.6) is 0 Å². The Hall–Kier alpha value is -0.570. The molecule has 0 aliphatic heterocycles. The van der Waals surface area contributed by atoms with Crippen molar-refractivity contribution in [3.8, 4) is 0 Å². The van der Waals surface area contributed by atoms with Gasteiger partial charge in [0, 0.05) is 12.6 Å². The minimum Gasteiger partial charge on any atom is -0.338 e. The average molecular weight is 196 g/mol. The summed E-state index contributed by atoms with van der Waals surface area (Å²) in [6.07, 6.45) is 4.59. The molecule has 1 unspecified atom stereocenters. The minimum absolute atomic E-state index is 0.171. The van der Waals surface area contributed by atoms with Crippen molar-refractivity contribution in [1.29, 1.82) is 0 Å². The van der Waals surface area contributed by atoms with E-state index < -0.39 is 5.54 Å². The van der Waals surface area contributed by atoms with E-state index in [0.717, 1.165) is 19.4 Å². The van der Waals surface area contributed by atoms with E-state index >= 15 is 0 Å². The van der Waals surface area contributed by atoms with Gasteiger partial charge >= 0.3 is 0 Å². The molecule has 1 atom stereocenters. The second kappa shape index (κ2) is 3.23. The largest absolute Gasteiger partial charge is 0.338 e. The van der Waals surface area contributed by atoms with Crippen LogP contribution in [-0.4, -0.2) is 28.9 Å². The first-order valence-electron chi connectivity index (χ1n) is 5.67. The van der Waals surface area contributed by atoms with E-state index in [-0.39, 0.29) is 5.91 Å². The van der Waals surface area contributed by atoms with Crippen LogP contribution in [0.2, 0.25) is 0 Å². The van der Waals surface area contributed by atoms with Crippen molar-refractivity contribution < 1.29 is 4.79 Å². The number of hydrogen-bond donors (Lipinski definition) is 1. The number of rotatable bonds is 4. The molecule has 2 aliphatic rings. The maximum atomic E-state index is 12.2. The van der Waals surface area contributed by atoms with Gasteiger partial charge in [-0.3, -0.25) is 4.79 Å². The molecule has 0 heterocycles. The highest BCUT2D eigenvalue weighted by Crippen LogP contribution is 2.40. The van der Waals surface area contributed by atoms with E-state index in [1.807, 2.05) is 18.7 Å². The van der Waals surface area contributed by atoms with Crippen molar-refractivity contribution in [3.63, 3.8) is 0 Å². The molecule has 14 heavy (non-hydrogen) atoms. The lowest BCUT2D eigenvalue weighted by Gasteiger charge is -2.31. The normalized spacial score (nSPS) is 25.6. The van der Waals surface area contributed by atoms with Gasteiger partial charge in [-0.15, -0.1) is 0 Å². The van der Waals surface area contributed by atoms with E-state index in [2.05, 4.69) is 0 Å². The summed E-state index contributed by atoms with van der Waals surface area (Å²) in [5.74, 6) is 0.604. The predicted molar refractivity (Wildman–Crippen MR) is 55.7 cm³/mol. The Morgan fingerprint density at radius 2 is 2.00 bits per heavy atom. The first-order valence-corrected chi connectivity index (χ1v) is 5.67. The molecule has 0 saturated heterocycles. The van der Waals surface area contributed by atoms with Gasteiger partial charge in [0.1, 0.15) is 0 Å². The van der Waals surface area contributed by atoms with Crippen LogP contribution in [0.4, 0.5) is 0 Å². The maximum Gasteiger partial charge on any atom is 0.242 e. The Morgan fingerprint density at radius 1 is 1.43 bits per heavy atom. The molecule has 2 aliphatic carbocycles. The number of hydrogen-bond acceptors (Lipinski definition) is 2. The van der Waals surface area contributed by atoms with Crippen LogP contribution >= 0.6 is 0 Å². The molecule has 0 aromatic heterocycles. The summed E-state index contributed by atoms with van der Waals surface area (Å²) in [7, 11) is 0. The standard InChI is InChI=1S/C11H20N2O/c1-3-13(9-6-7-9)10(14)11(2,12)8-4-5-8/h8-9H,3-7,12H2,1-2H3. The molecule has 80 valence electrons. The van der Waals surface area contributed by atoms with Crippen LogP contribution in [0.25, 0.3) is 0 Å². The van der Waals surface area contributed by atoms with Crippen molar-refractivity contribution >= 4 is 5.91 Å². The number of nitrogens with two attached hydrogens (primary N) is 1. The van der Waals surface area contributed by atoms with Gasteiger partial charge in [0.25, 0.3) is 0 Å². The highest BCUT2D eigenvalue weighted by atomic mass is 16.2. The van der Waals surface area contributed by atoms with Gasteiger partial charge in [-0.05, 0) is 45.4 Å². The van der Waals surface area contributed by atoms with Crippen molar-refractivity contribution in [2.24, 2.45) is 11.7 Å². The third-order valence-electron chi connectivity index (χ3n) is 3.48. The highest BCUT2D eigenvalue weighted by molar-refractivity contribution is 5.87. The average Bonchev–Trinajstić information content (AvgIpc) is 2.99. The van der Waals surface area contributed by atoms with Crippen LogP contribution in [0.15, 0.2) is 0 Å². The molecule has 3 nitrogen and oxygen atoms in total. The maximum absolute atomic E-state index is 12.2. The summed E-state index contributed by atoms with van der Waals surface area (Å²) in [6.45, 7) is 4.75. The summed E-state index contributed by atoms with van der Waals surface area (Å²) < 4.78 is 0. The Bertz CT molecular complexity index is 242. The van der Waals surface area contributed by atoms with Crippen molar-refractivity contribution in [2.45, 2.75) is 51.1 Å². The van der Waals surface area contributed by atoms with Gasteiger partial charge in [-0.1, -0.05) is 0 Å². The fourth-order valence-corrected chi connectivity index (χ4v) is 2.12. The Morgan fingerprint density at radius 3 is 2.36 bits per heavy atom. The van der Waals surface area contributed by atoms with Crippen LogP contribution in [0.1, 0.15) is 39.5 Å². The fourth-order valence-electron chi connectivity index (χ4n) is 2.12. The smallest absolute Gasteiger partial charge is 0.242 e. The van der Waals surface area contributed by atoms with Gasteiger partial charge < -0.3 is 10.6 Å². The van der Waals surface area contributed by atoms with Crippen LogP contribution < -0.4 is 5.73 Å². The number of likely N-dealkylation sites (N-methyl/N-ethyl adjacent to an activating group) is 1. The van der Waals surface area contributed by atoms with Crippen molar-refractivity contribution in [3.05, 3.63) is 0 Å². The van der Waals surface area contributed by atoms with Gasteiger partial charge in [-0.2, -0.15) is 0 Å². The third-order valence-corrected chi connectivity index (χ3v) is 3.48. The third kappa shape index (κ3) is 1.65. The first kappa shape index (κ1) is 9.97. The number of carbonyl (C=O) groups is 1. The number of nitrogens with zero attached hydrogens (tertiary/aromatic N) is 1. The second-order valence-corrected chi connectivity index (χ2v) is 4.88. The van der Waals surface area contributed by atoms with Gasteiger partial charge in [-0.25, -0.2) is 0 Å². The lowest BCUT2D eigenvalue weighted by atomic mass is 9.95. The van der Waals surface area contributed by atoms with Gasteiger partial charge in [0.15, 0.2) is 0 Å². The molecule has 3 heteroatoms. The molecule has 0 aromatic carbocycles. The Kier molecular flexibility index (Phi) is 2.30. The quantitative estimate of drug-likeness (QED) is 0.732. The van der Waals surface area contributed by atoms with E-state index in [1.54, 1.807) is 0 Å². The molecule has 2 N–H and O–H groups in total. The van der Waals surface area contributed by atoms with Crippen LogP contribution in [0.3, 0.4) is 0 Å². The summed E-state index contributed by atoms with van der Waals surface area (Å²) in [4.78, 5) is 14.1. The predicted octanol–water partition coefficient (Wildman–Crippen LogP) is 1.12. The molecular weight excluding hydrogens is 176 g/mol. The van der Waals surface area contributed by atoms with Gasteiger partial charge in [0.2, 0.25) is 5.91 Å². The molecule has 0 bridgehead atoms. The van der Waals surface area contributed by atoms with Crippen molar-refractivity contribution in [1.82, 2.24) is 4.90 Å². The topological polar surface area (TPSA) is 46.3 Å². The Labute approximate surface area is 85.6 Å². The lowest BCUT2D eigenvalue weighted by Crippen LogP contribution is -2.55. The Balaban J connectivity index is 2.03. The summed E-state index contributed by atoms with van der Waals surface area (Å²) in [6, 6.07) is 0.495. The van der Waals surface area contributed by atoms with Crippen LogP contribution in [0, 0.1) is 5.92 Å². The molecule has 0 radical (unpaired) electrons. The highest BCUT2D eigenvalue weighted by Gasteiger charge is 2.47. The van der Waals surface area contributed by atoms with Gasteiger partial charge in [0.05, 0.1) is 5.54 Å². The fraction of sp³-hybridized carbons (Fsp3) is 0.909. The monoisotopic (exact) mass is 196 g/mol. The zero-order valence-electron chi connectivity index (χ0n) is 9.12. The molecular formula is C11H20N2O.